The van der Waals surface area contributed by atoms with Crippen LogP contribution in [0.3, 0.4) is 0 Å². The summed E-state index contributed by atoms with van der Waals surface area (Å²) in [5.41, 5.74) is 4.84. The number of ether oxygens (including phenoxy) is 1. The summed E-state index contributed by atoms with van der Waals surface area (Å²) in [6.45, 7) is 6.72. The number of carbonyl (C=O) groups excluding carboxylic acids is 1. The molecule has 0 saturated heterocycles. The summed E-state index contributed by atoms with van der Waals surface area (Å²) in [6, 6.07) is 16.2. The first-order valence-electron chi connectivity index (χ1n) is 8.80. The molecule has 0 aliphatic rings. The molecule has 134 valence electrons. The molecule has 0 aliphatic heterocycles. The van der Waals surface area contributed by atoms with E-state index in [1.54, 1.807) is 0 Å². The van der Waals surface area contributed by atoms with Crippen molar-refractivity contribution >= 4 is 5.97 Å². The SMILES string of the molecule is CCOC(=O)C(C)c1cc(C)ccc1-c1cn(Cc2ccccc2)nn1. The highest BCUT2D eigenvalue weighted by Crippen LogP contribution is 2.30. The first-order valence-corrected chi connectivity index (χ1v) is 8.80. The minimum absolute atomic E-state index is 0.226. The molecule has 0 fully saturated rings. The van der Waals surface area contributed by atoms with Gasteiger partial charge < -0.3 is 4.74 Å². The van der Waals surface area contributed by atoms with Crippen molar-refractivity contribution in [3.05, 3.63) is 71.4 Å². The zero-order valence-electron chi connectivity index (χ0n) is 15.3. The summed E-state index contributed by atoms with van der Waals surface area (Å²) in [7, 11) is 0. The smallest absolute Gasteiger partial charge is 0.313 e. The molecule has 0 radical (unpaired) electrons. The number of aromatic nitrogens is 3. The van der Waals surface area contributed by atoms with Crippen LogP contribution >= 0.6 is 0 Å². The zero-order valence-corrected chi connectivity index (χ0v) is 15.3. The van der Waals surface area contributed by atoms with Gasteiger partial charge in [0.25, 0.3) is 0 Å². The van der Waals surface area contributed by atoms with Crippen LogP contribution in [0, 0.1) is 6.92 Å². The number of carbonyl (C=O) groups is 1. The molecule has 3 rings (SSSR count). The summed E-state index contributed by atoms with van der Waals surface area (Å²) in [5, 5.41) is 8.56. The van der Waals surface area contributed by atoms with Crippen LogP contribution in [0.4, 0.5) is 0 Å². The highest BCUT2D eigenvalue weighted by Gasteiger charge is 2.21. The van der Waals surface area contributed by atoms with Gasteiger partial charge in [-0.15, -0.1) is 5.10 Å². The minimum atomic E-state index is -0.357. The van der Waals surface area contributed by atoms with E-state index in [-0.39, 0.29) is 11.9 Å². The Bertz CT molecular complexity index is 887. The molecule has 0 bridgehead atoms. The normalized spacial score (nSPS) is 12.0. The highest BCUT2D eigenvalue weighted by molar-refractivity contribution is 5.81. The van der Waals surface area contributed by atoms with Crippen LogP contribution in [0.2, 0.25) is 0 Å². The largest absolute Gasteiger partial charge is 0.466 e. The monoisotopic (exact) mass is 349 g/mol. The average Bonchev–Trinajstić information content (AvgIpc) is 3.10. The number of nitrogens with zero attached hydrogens (tertiary/aromatic N) is 3. The second-order valence-corrected chi connectivity index (χ2v) is 6.35. The van der Waals surface area contributed by atoms with Gasteiger partial charge in [-0.1, -0.05) is 59.3 Å². The maximum Gasteiger partial charge on any atom is 0.313 e. The summed E-state index contributed by atoms with van der Waals surface area (Å²) < 4.78 is 7.00. The van der Waals surface area contributed by atoms with Crippen molar-refractivity contribution in [2.75, 3.05) is 6.61 Å². The first kappa shape index (κ1) is 17.9. The van der Waals surface area contributed by atoms with Crippen molar-refractivity contribution in [3.8, 4) is 11.3 Å². The molecule has 26 heavy (non-hydrogen) atoms. The lowest BCUT2D eigenvalue weighted by atomic mass is 9.92. The average molecular weight is 349 g/mol. The molecule has 2 aromatic carbocycles. The van der Waals surface area contributed by atoms with Crippen LogP contribution < -0.4 is 0 Å². The lowest BCUT2D eigenvalue weighted by Crippen LogP contribution is -2.14. The first-order chi connectivity index (χ1) is 12.6. The van der Waals surface area contributed by atoms with Crippen molar-refractivity contribution in [3.63, 3.8) is 0 Å². The van der Waals surface area contributed by atoms with Crippen LogP contribution in [0.5, 0.6) is 0 Å². The highest BCUT2D eigenvalue weighted by atomic mass is 16.5. The van der Waals surface area contributed by atoms with E-state index in [9.17, 15) is 4.79 Å². The standard InChI is InChI=1S/C21H23N3O2/c1-4-26-21(25)16(3)19-12-15(2)10-11-18(19)20-14-24(23-22-20)13-17-8-6-5-7-9-17/h5-12,14,16H,4,13H2,1-3H3. The molecule has 1 aromatic heterocycles. The van der Waals surface area contributed by atoms with E-state index in [0.717, 1.165) is 27.9 Å². The Hall–Kier alpha value is -2.95. The maximum atomic E-state index is 12.2. The number of esters is 1. The molecule has 1 unspecified atom stereocenters. The summed E-state index contributed by atoms with van der Waals surface area (Å²) in [6.07, 6.45) is 1.92. The van der Waals surface area contributed by atoms with Gasteiger partial charge in [0.1, 0.15) is 5.69 Å². The van der Waals surface area contributed by atoms with Crippen molar-refractivity contribution < 1.29 is 9.53 Å². The number of rotatable bonds is 6. The predicted octanol–water partition coefficient (Wildman–Crippen LogP) is 3.97. The Labute approximate surface area is 153 Å². The van der Waals surface area contributed by atoms with E-state index in [1.165, 1.54) is 0 Å². The Morgan fingerprint density at radius 2 is 1.96 bits per heavy atom. The third-order valence-electron chi connectivity index (χ3n) is 4.32. The lowest BCUT2D eigenvalue weighted by molar-refractivity contribution is -0.144. The van der Waals surface area contributed by atoms with Gasteiger partial charge in [0.15, 0.2) is 0 Å². The van der Waals surface area contributed by atoms with Crippen LogP contribution in [0.25, 0.3) is 11.3 Å². The van der Waals surface area contributed by atoms with E-state index in [0.29, 0.717) is 13.2 Å². The maximum absolute atomic E-state index is 12.2. The number of aryl methyl sites for hydroxylation is 1. The van der Waals surface area contributed by atoms with Crippen molar-refractivity contribution in [1.82, 2.24) is 15.0 Å². The van der Waals surface area contributed by atoms with Gasteiger partial charge in [0.2, 0.25) is 0 Å². The summed E-state index contributed by atoms with van der Waals surface area (Å²) >= 11 is 0. The molecule has 0 saturated carbocycles. The molecule has 5 heteroatoms. The molecule has 0 aliphatic carbocycles. The zero-order chi connectivity index (χ0) is 18.5. The Balaban J connectivity index is 1.91. The second kappa shape index (κ2) is 7.95. The summed E-state index contributed by atoms with van der Waals surface area (Å²) in [5.74, 6) is -0.583. The van der Waals surface area contributed by atoms with E-state index in [4.69, 9.17) is 4.74 Å². The molecule has 5 nitrogen and oxygen atoms in total. The van der Waals surface area contributed by atoms with Crippen LogP contribution in [0.15, 0.2) is 54.7 Å². The second-order valence-electron chi connectivity index (χ2n) is 6.35. The Morgan fingerprint density at radius 1 is 1.19 bits per heavy atom. The molecule has 1 atom stereocenters. The molecule has 0 amide bonds. The molecular weight excluding hydrogens is 326 g/mol. The minimum Gasteiger partial charge on any atom is -0.466 e. The topological polar surface area (TPSA) is 57.0 Å². The third kappa shape index (κ3) is 3.99. The van der Waals surface area contributed by atoms with Crippen molar-refractivity contribution in [2.45, 2.75) is 33.2 Å². The van der Waals surface area contributed by atoms with Crippen molar-refractivity contribution in [1.29, 1.82) is 0 Å². The van der Waals surface area contributed by atoms with Crippen LogP contribution in [-0.2, 0) is 16.1 Å². The predicted molar refractivity (Wildman–Crippen MR) is 101 cm³/mol. The van der Waals surface area contributed by atoms with Crippen LogP contribution in [0.1, 0.15) is 36.5 Å². The van der Waals surface area contributed by atoms with E-state index < -0.39 is 0 Å². The van der Waals surface area contributed by atoms with Crippen LogP contribution in [-0.4, -0.2) is 27.6 Å². The van der Waals surface area contributed by atoms with E-state index >= 15 is 0 Å². The molecule has 1 heterocycles. The molecule has 0 spiro atoms. The molecule has 3 aromatic rings. The fourth-order valence-corrected chi connectivity index (χ4v) is 2.94. The van der Waals surface area contributed by atoms with Crippen molar-refractivity contribution in [2.24, 2.45) is 0 Å². The van der Waals surface area contributed by atoms with Gasteiger partial charge in [-0.05, 0) is 31.9 Å². The van der Waals surface area contributed by atoms with E-state index in [1.807, 2.05) is 68.0 Å². The Morgan fingerprint density at radius 3 is 2.69 bits per heavy atom. The lowest BCUT2D eigenvalue weighted by Gasteiger charge is -2.15. The number of hydrogen-bond acceptors (Lipinski definition) is 4. The van der Waals surface area contributed by atoms with Gasteiger partial charge in [0, 0.05) is 5.56 Å². The van der Waals surface area contributed by atoms with Gasteiger partial charge >= 0.3 is 5.97 Å². The number of hydrogen-bond donors (Lipinski definition) is 0. The van der Waals surface area contributed by atoms with E-state index in [2.05, 4.69) is 22.4 Å². The Kier molecular flexibility index (Phi) is 5.46. The fraction of sp³-hybridized carbons (Fsp3) is 0.286. The molecule has 0 N–H and O–H groups in total. The van der Waals surface area contributed by atoms with Gasteiger partial charge in [-0.3, -0.25) is 4.79 Å². The quantitative estimate of drug-likeness (QED) is 0.632. The van der Waals surface area contributed by atoms with Gasteiger partial charge in [-0.2, -0.15) is 0 Å². The van der Waals surface area contributed by atoms with Gasteiger partial charge in [0.05, 0.1) is 25.3 Å². The number of benzene rings is 2. The molecular formula is C21H23N3O2. The fourth-order valence-electron chi connectivity index (χ4n) is 2.94. The summed E-state index contributed by atoms with van der Waals surface area (Å²) in [4.78, 5) is 12.2. The third-order valence-corrected chi connectivity index (χ3v) is 4.32. The van der Waals surface area contributed by atoms with Gasteiger partial charge in [-0.25, -0.2) is 4.68 Å².